The van der Waals surface area contributed by atoms with Crippen LogP contribution in [-0.2, 0) is 29.2 Å². The number of amides is 1. The Balaban J connectivity index is 1.65. The fourth-order valence-electron chi connectivity index (χ4n) is 4.75. The molecular formula is C30H39N7O5. The van der Waals surface area contributed by atoms with Crippen LogP contribution in [0.4, 0.5) is 5.82 Å². The zero-order valence-corrected chi connectivity index (χ0v) is 24.9. The van der Waals surface area contributed by atoms with Crippen molar-refractivity contribution >= 4 is 22.9 Å². The second kappa shape index (κ2) is 13.1. The van der Waals surface area contributed by atoms with Gasteiger partial charge in [-0.25, -0.2) is 14.8 Å². The van der Waals surface area contributed by atoms with Gasteiger partial charge in [0.2, 0.25) is 11.5 Å². The van der Waals surface area contributed by atoms with Crippen molar-refractivity contribution in [3.8, 4) is 11.4 Å². The monoisotopic (exact) mass is 577 g/mol. The molecule has 4 aromatic heterocycles. The maximum Gasteiger partial charge on any atom is 0.332 e. The Morgan fingerprint density at radius 2 is 1.81 bits per heavy atom. The highest BCUT2D eigenvalue weighted by atomic mass is 16.5. The van der Waals surface area contributed by atoms with Crippen LogP contribution in [0.15, 0.2) is 57.1 Å². The number of aryl methyl sites for hydroxylation is 2. The fourth-order valence-corrected chi connectivity index (χ4v) is 4.75. The number of nitrogens with one attached hydrogen (secondary N) is 1. The Hall–Kier alpha value is -4.32. The van der Waals surface area contributed by atoms with E-state index in [1.807, 2.05) is 27.7 Å². The minimum Gasteiger partial charge on any atom is -0.385 e. The second-order valence-corrected chi connectivity index (χ2v) is 11.2. The van der Waals surface area contributed by atoms with Gasteiger partial charge in [0.25, 0.3) is 5.56 Å². The summed E-state index contributed by atoms with van der Waals surface area (Å²) in [4.78, 5) is 65.8. The molecule has 0 atom stereocenters. The number of carbonyl (C=O) groups excluding carboxylic acids is 1. The summed E-state index contributed by atoms with van der Waals surface area (Å²) in [5, 5.41) is 0. The SMILES string of the molecule is CCCn1c(=O)n(CCCOC)c(=O)c2[nH]c(-c3ccc(N(CCCn4ccccc4=O)C(=O)C(C)(C)C)nc3)nc21. The lowest BCUT2D eigenvalue weighted by molar-refractivity contribution is -0.125. The number of hydrogen-bond donors (Lipinski definition) is 1. The Labute approximate surface area is 243 Å². The molecule has 42 heavy (non-hydrogen) atoms. The topological polar surface area (TPSA) is 137 Å². The van der Waals surface area contributed by atoms with E-state index in [9.17, 15) is 19.2 Å². The third kappa shape index (κ3) is 6.59. The number of nitrogens with zero attached hydrogens (tertiary/aromatic N) is 6. The number of methoxy groups -OCH3 is 1. The predicted octanol–water partition coefficient (Wildman–Crippen LogP) is 3.03. The van der Waals surface area contributed by atoms with Crippen molar-refractivity contribution < 1.29 is 9.53 Å². The number of rotatable bonds is 12. The third-order valence-corrected chi connectivity index (χ3v) is 6.90. The van der Waals surface area contributed by atoms with Gasteiger partial charge in [-0.15, -0.1) is 0 Å². The molecule has 0 bridgehead atoms. The quantitative estimate of drug-likeness (QED) is 0.256. The summed E-state index contributed by atoms with van der Waals surface area (Å²) in [5.41, 5.74) is -0.406. The predicted molar refractivity (Wildman–Crippen MR) is 162 cm³/mol. The molecule has 0 aliphatic heterocycles. The van der Waals surface area contributed by atoms with Crippen molar-refractivity contribution in [2.24, 2.45) is 5.41 Å². The van der Waals surface area contributed by atoms with Crippen molar-refractivity contribution in [1.82, 2.24) is 28.7 Å². The maximum absolute atomic E-state index is 13.4. The largest absolute Gasteiger partial charge is 0.385 e. The van der Waals surface area contributed by atoms with Crippen molar-refractivity contribution in [2.75, 3.05) is 25.2 Å². The van der Waals surface area contributed by atoms with E-state index in [1.165, 1.54) is 15.2 Å². The molecule has 12 heteroatoms. The molecule has 0 aliphatic rings. The number of carbonyl (C=O) groups is 1. The fraction of sp³-hybridized carbons (Fsp3) is 0.467. The van der Waals surface area contributed by atoms with Gasteiger partial charge in [-0.3, -0.25) is 28.4 Å². The first-order valence-electron chi connectivity index (χ1n) is 14.2. The highest BCUT2D eigenvalue weighted by molar-refractivity contribution is 5.96. The summed E-state index contributed by atoms with van der Waals surface area (Å²) in [6.45, 7) is 9.45. The zero-order valence-electron chi connectivity index (χ0n) is 24.9. The van der Waals surface area contributed by atoms with Crippen LogP contribution in [-0.4, -0.2) is 54.8 Å². The van der Waals surface area contributed by atoms with Gasteiger partial charge in [-0.2, -0.15) is 0 Å². The molecule has 0 aliphatic carbocycles. The van der Waals surface area contributed by atoms with Gasteiger partial charge in [0.1, 0.15) is 17.2 Å². The van der Waals surface area contributed by atoms with E-state index in [0.717, 1.165) is 0 Å². The van der Waals surface area contributed by atoms with E-state index in [0.29, 0.717) is 68.4 Å². The first-order chi connectivity index (χ1) is 20.1. The summed E-state index contributed by atoms with van der Waals surface area (Å²) in [7, 11) is 1.58. The lowest BCUT2D eigenvalue weighted by Crippen LogP contribution is -2.41. The molecule has 4 aromatic rings. The third-order valence-electron chi connectivity index (χ3n) is 6.90. The Morgan fingerprint density at radius 3 is 2.45 bits per heavy atom. The Bertz CT molecular complexity index is 1710. The first-order valence-corrected chi connectivity index (χ1v) is 14.2. The van der Waals surface area contributed by atoms with Crippen LogP contribution < -0.4 is 21.7 Å². The summed E-state index contributed by atoms with van der Waals surface area (Å²) in [6.07, 6.45) is 5.11. The molecule has 12 nitrogen and oxygen atoms in total. The number of aromatic nitrogens is 6. The van der Waals surface area contributed by atoms with Crippen molar-refractivity contribution in [3.63, 3.8) is 0 Å². The van der Waals surface area contributed by atoms with E-state index in [-0.39, 0.29) is 23.5 Å². The number of ether oxygens (including phenoxy) is 1. The summed E-state index contributed by atoms with van der Waals surface area (Å²) in [5.74, 6) is 0.778. The second-order valence-electron chi connectivity index (χ2n) is 11.2. The van der Waals surface area contributed by atoms with E-state index in [4.69, 9.17) is 4.74 Å². The zero-order chi connectivity index (χ0) is 30.4. The Kier molecular flexibility index (Phi) is 9.56. The molecule has 0 fully saturated rings. The molecule has 1 N–H and O–H groups in total. The lowest BCUT2D eigenvalue weighted by Gasteiger charge is -2.29. The molecule has 0 saturated heterocycles. The average molecular weight is 578 g/mol. The number of hydrogen-bond acceptors (Lipinski definition) is 7. The minimum absolute atomic E-state index is 0.0920. The van der Waals surface area contributed by atoms with Gasteiger partial charge in [-0.1, -0.05) is 33.8 Å². The number of pyridine rings is 2. The van der Waals surface area contributed by atoms with Gasteiger partial charge in [0, 0.05) is 69.3 Å². The molecular weight excluding hydrogens is 538 g/mol. The Morgan fingerprint density at radius 1 is 1.02 bits per heavy atom. The molecule has 0 unspecified atom stereocenters. The first kappa shape index (κ1) is 30.6. The van der Waals surface area contributed by atoms with Gasteiger partial charge in [0.15, 0.2) is 5.65 Å². The summed E-state index contributed by atoms with van der Waals surface area (Å²) < 4.78 is 9.44. The molecule has 4 heterocycles. The van der Waals surface area contributed by atoms with Gasteiger partial charge in [0.05, 0.1) is 0 Å². The van der Waals surface area contributed by atoms with Crippen LogP contribution in [0.3, 0.4) is 0 Å². The molecule has 0 aromatic carbocycles. The van der Waals surface area contributed by atoms with E-state index in [2.05, 4.69) is 15.0 Å². The van der Waals surface area contributed by atoms with Crippen LogP contribution in [0.1, 0.15) is 47.0 Å². The number of aromatic amines is 1. The van der Waals surface area contributed by atoms with Crippen LogP contribution >= 0.6 is 0 Å². The number of anilines is 1. The number of imidazole rings is 1. The highest BCUT2D eigenvalue weighted by Gasteiger charge is 2.29. The van der Waals surface area contributed by atoms with E-state index in [1.54, 1.807) is 53.2 Å². The van der Waals surface area contributed by atoms with Crippen molar-refractivity contribution in [1.29, 1.82) is 0 Å². The minimum atomic E-state index is -0.644. The van der Waals surface area contributed by atoms with Gasteiger partial charge >= 0.3 is 5.69 Å². The van der Waals surface area contributed by atoms with Crippen LogP contribution in [0.5, 0.6) is 0 Å². The van der Waals surface area contributed by atoms with Gasteiger partial charge in [-0.05, 0) is 37.5 Å². The van der Waals surface area contributed by atoms with E-state index < -0.39 is 16.7 Å². The number of H-pyrrole nitrogens is 1. The standard InChI is InChI=1S/C30H39N7O5/c1-6-14-36-26-24(27(39)37(29(36)41)18-10-19-42-5)32-25(33-26)21-12-13-22(31-20-21)35(28(40)30(2,3)4)17-9-16-34-15-8-7-11-23(34)38/h7-8,11-13,15,20H,6,9-10,14,16-19H2,1-5H3,(H,32,33). The summed E-state index contributed by atoms with van der Waals surface area (Å²) in [6, 6.07) is 8.53. The molecule has 0 spiro atoms. The molecule has 0 saturated carbocycles. The molecule has 1 amide bonds. The number of fused-ring (bicyclic) bond motifs is 1. The highest BCUT2D eigenvalue weighted by Crippen LogP contribution is 2.25. The molecule has 0 radical (unpaired) electrons. The summed E-state index contributed by atoms with van der Waals surface area (Å²) >= 11 is 0. The van der Waals surface area contributed by atoms with Crippen molar-refractivity contribution in [3.05, 3.63) is 73.9 Å². The molecule has 4 rings (SSSR count). The maximum atomic E-state index is 13.4. The average Bonchev–Trinajstić information content (AvgIpc) is 3.41. The van der Waals surface area contributed by atoms with Crippen LogP contribution in [0, 0.1) is 5.41 Å². The lowest BCUT2D eigenvalue weighted by atomic mass is 9.94. The van der Waals surface area contributed by atoms with Crippen LogP contribution in [0.25, 0.3) is 22.6 Å². The smallest absolute Gasteiger partial charge is 0.332 e. The van der Waals surface area contributed by atoms with E-state index >= 15 is 0 Å². The van der Waals surface area contributed by atoms with Crippen LogP contribution in [0.2, 0.25) is 0 Å². The van der Waals surface area contributed by atoms with Crippen molar-refractivity contribution in [2.45, 2.75) is 66.6 Å². The molecule has 224 valence electrons. The normalized spacial score (nSPS) is 11.7. The van der Waals surface area contributed by atoms with Gasteiger partial charge < -0.3 is 14.3 Å².